The number of anilines is 2. The molecule has 3 aromatic rings. The minimum Gasteiger partial charge on any atom is -0.334 e. The number of alkyl halides is 3. The van der Waals surface area contributed by atoms with Gasteiger partial charge in [-0.15, -0.1) is 0 Å². The van der Waals surface area contributed by atoms with Gasteiger partial charge in [0, 0.05) is 18.7 Å². The molecule has 28 heavy (non-hydrogen) atoms. The first-order valence-electron chi connectivity index (χ1n) is 7.69. The maximum Gasteiger partial charge on any atom is 0.435 e. The van der Waals surface area contributed by atoms with Crippen molar-refractivity contribution in [3.05, 3.63) is 69.1 Å². The van der Waals surface area contributed by atoms with Crippen LogP contribution in [-0.2, 0) is 13.2 Å². The summed E-state index contributed by atoms with van der Waals surface area (Å²) < 4.78 is 54.9. The molecule has 0 saturated heterocycles. The molecule has 6 nitrogen and oxygen atoms in total. The fraction of sp³-hybridized carbons (Fsp3) is 0.118. The highest BCUT2D eigenvalue weighted by Gasteiger charge is 2.40. The molecule has 0 aliphatic carbocycles. The van der Waals surface area contributed by atoms with Crippen LogP contribution in [0, 0.1) is 15.9 Å². The molecule has 1 heterocycles. The molecule has 0 fully saturated rings. The predicted octanol–water partition coefficient (Wildman–Crippen LogP) is 5.55. The molecule has 0 unspecified atom stereocenters. The number of nitro benzene ring substituents is 1. The van der Waals surface area contributed by atoms with Gasteiger partial charge in [-0.2, -0.15) is 18.3 Å². The monoisotopic (exact) mass is 414 g/mol. The molecule has 1 aromatic heterocycles. The maximum absolute atomic E-state index is 13.6. The van der Waals surface area contributed by atoms with Crippen LogP contribution in [0.5, 0.6) is 0 Å². The predicted molar refractivity (Wildman–Crippen MR) is 95.0 cm³/mol. The Morgan fingerprint density at radius 1 is 1.21 bits per heavy atom. The molecule has 0 atom stereocenters. The van der Waals surface area contributed by atoms with E-state index in [1.165, 1.54) is 31.3 Å². The summed E-state index contributed by atoms with van der Waals surface area (Å²) >= 11 is 5.97. The second kappa shape index (κ2) is 7.12. The molecule has 0 aliphatic rings. The van der Waals surface area contributed by atoms with Crippen LogP contribution in [0.1, 0.15) is 5.69 Å². The highest BCUT2D eigenvalue weighted by atomic mass is 35.5. The third kappa shape index (κ3) is 3.63. The highest BCUT2D eigenvalue weighted by molar-refractivity contribution is 6.33. The first-order chi connectivity index (χ1) is 13.1. The second-order valence-corrected chi connectivity index (χ2v) is 6.12. The number of aromatic nitrogens is 2. The minimum absolute atomic E-state index is 0.0382. The zero-order valence-electron chi connectivity index (χ0n) is 14.1. The lowest BCUT2D eigenvalue weighted by Gasteiger charge is -2.13. The Morgan fingerprint density at radius 2 is 1.89 bits per heavy atom. The van der Waals surface area contributed by atoms with E-state index in [1.54, 1.807) is 0 Å². The number of halogens is 5. The van der Waals surface area contributed by atoms with Gasteiger partial charge in [-0.05, 0) is 24.3 Å². The number of hydrogen-bond donors (Lipinski definition) is 1. The van der Waals surface area contributed by atoms with Gasteiger partial charge in [0.25, 0.3) is 5.69 Å². The van der Waals surface area contributed by atoms with E-state index in [0.717, 1.165) is 22.9 Å². The van der Waals surface area contributed by atoms with Crippen LogP contribution < -0.4 is 5.32 Å². The van der Waals surface area contributed by atoms with E-state index in [9.17, 15) is 27.7 Å². The van der Waals surface area contributed by atoms with Gasteiger partial charge >= 0.3 is 6.18 Å². The third-order valence-electron chi connectivity index (χ3n) is 3.87. The fourth-order valence-corrected chi connectivity index (χ4v) is 2.94. The molecule has 0 saturated carbocycles. The molecule has 2 aromatic carbocycles. The molecule has 11 heteroatoms. The Morgan fingerprint density at radius 3 is 2.50 bits per heavy atom. The van der Waals surface area contributed by atoms with Gasteiger partial charge in [-0.1, -0.05) is 23.7 Å². The van der Waals surface area contributed by atoms with Crippen LogP contribution in [0.3, 0.4) is 0 Å². The molecule has 3 rings (SSSR count). The van der Waals surface area contributed by atoms with Gasteiger partial charge in [0.05, 0.1) is 15.5 Å². The van der Waals surface area contributed by atoms with E-state index >= 15 is 0 Å². The Balaban J connectivity index is 2.25. The smallest absolute Gasteiger partial charge is 0.334 e. The number of aryl methyl sites for hydroxylation is 1. The van der Waals surface area contributed by atoms with Crippen molar-refractivity contribution in [1.82, 2.24) is 9.78 Å². The van der Waals surface area contributed by atoms with Crippen LogP contribution >= 0.6 is 11.6 Å². The number of benzene rings is 2. The number of para-hydroxylation sites is 2. The first-order valence-corrected chi connectivity index (χ1v) is 8.07. The zero-order valence-corrected chi connectivity index (χ0v) is 14.8. The molecular formula is C17H11ClF4N4O2. The van der Waals surface area contributed by atoms with Crippen LogP contribution in [0.4, 0.5) is 34.8 Å². The lowest BCUT2D eigenvalue weighted by Crippen LogP contribution is -2.08. The Bertz CT molecular complexity index is 1070. The molecular weight excluding hydrogens is 404 g/mol. The third-order valence-corrected chi connectivity index (χ3v) is 4.18. The first kappa shape index (κ1) is 19.6. The zero-order chi connectivity index (χ0) is 20.6. The van der Waals surface area contributed by atoms with Crippen molar-refractivity contribution in [2.45, 2.75) is 6.18 Å². The van der Waals surface area contributed by atoms with Gasteiger partial charge in [0.1, 0.15) is 17.3 Å². The van der Waals surface area contributed by atoms with Crippen molar-refractivity contribution < 1.29 is 22.5 Å². The Labute approximate surface area is 160 Å². The minimum atomic E-state index is -4.84. The number of hydrogen-bond acceptors (Lipinski definition) is 4. The van der Waals surface area contributed by atoms with Crippen molar-refractivity contribution in [2.75, 3.05) is 5.32 Å². The standard InChI is InChI=1S/C17H11ClF4N4O2/c1-25-16(23-12-4-2-3-5-13(12)26(27)28)14(15(24-25)17(20,21)22)10-7-6-9(19)8-11(10)18/h2-8,23H,1H3. The van der Waals surface area contributed by atoms with Gasteiger partial charge in [0.15, 0.2) is 5.69 Å². The summed E-state index contributed by atoms with van der Waals surface area (Å²) in [6.07, 6.45) is -4.84. The molecule has 0 spiro atoms. The van der Waals surface area contributed by atoms with Gasteiger partial charge in [-0.3, -0.25) is 14.8 Å². The molecule has 0 radical (unpaired) electrons. The summed E-state index contributed by atoms with van der Waals surface area (Å²) in [7, 11) is 1.24. The molecule has 0 amide bonds. The van der Waals surface area contributed by atoms with Gasteiger partial charge < -0.3 is 5.32 Å². The van der Waals surface area contributed by atoms with Crippen LogP contribution in [0.2, 0.25) is 5.02 Å². The van der Waals surface area contributed by atoms with Gasteiger partial charge in [-0.25, -0.2) is 4.39 Å². The van der Waals surface area contributed by atoms with Crippen LogP contribution in [0.25, 0.3) is 11.1 Å². The van der Waals surface area contributed by atoms with E-state index < -0.39 is 28.2 Å². The van der Waals surface area contributed by atoms with Crippen LogP contribution in [0.15, 0.2) is 42.5 Å². The topological polar surface area (TPSA) is 73.0 Å². The quantitative estimate of drug-likeness (QED) is 0.345. The number of nitrogens with one attached hydrogen (secondary N) is 1. The average Bonchev–Trinajstić information content (AvgIpc) is 2.92. The summed E-state index contributed by atoms with van der Waals surface area (Å²) in [6, 6.07) is 8.38. The van der Waals surface area contributed by atoms with Gasteiger partial charge in [0.2, 0.25) is 0 Å². The fourth-order valence-electron chi connectivity index (χ4n) is 2.68. The summed E-state index contributed by atoms with van der Waals surface area (Å²) in [5, 5.41) is 17.1. The Hall–Kier alpha value is -3.14. The summed E-state index contributed by atoms with van der Waals surface area (Å²) in [6.45, 7) is 0. The summed E-state index contributed by atoms with van der Waals surface area (Å²) in [4.78, 5) is 10.5. The SMILES string of the molecule is Cn1nc(C(F)(F)F)c(-c2ccc(F)cc2Cl)c1Nc1ccccc1[N+](=O)[O-]. The lowest BCUT2D eigenvalue weighted by atomic mass is 10.0. The molecule has 0 bridgehead atoms. The van der Waals surface area contributed by atoms with Crippen molar-refractivity contribution in [1.29, 1.82) is 0 Å². The normalized spacial score (nSPS) is 11.5. The average molecular weight is 415 g/mol. The summed E-state index contributed by atoms with van der Waals surface area (Å²) in [5.41, 5.74) is -2.20. The summed E-state index contributed by atoms with van der Waals surface area (Å²) in [5.74, 6) is -0.908. The lowest BCUT2D eigenvalue weighted by molar-refractivity contribution is -0.383. The molecule has 1 N–H and O–H groups in total. The Kier molecular flexibility index (Phi) is 4.99. The van der Waals surface area contributed by atoms with E-state index in [0.29, 0.717) is 0 Å². The molecule has 146 valence electrons. The number of nitrogens with zero attached hydrogens (tertiary/aromatic N) is 3. The highest BCUT2D eigenvalue weighted by Crippen LogP contribution is 2.44. The van der Waals surface area contributed by atoms with Crippen molar-refractivity contribution >= 4 is 28.8 Å². The molecule has 0 aliphatic heterocycles. The van der Waals surface area contributed by atoms with E-state index in [1.807, 2.05) is 0 Å². The maximum atomic E-state index is 13.6. The number of nitro groups is 1. The van der Waals surface area contributed by atoms with E-state index in [-0.39, 0.29) is 27.8 Å². The van der Waals surface area contributed by atoms with E-state index in [2.05, 4.69) is 10.4 Å². The van der Waals surface area contributed by atoms with Crippen molar-refractivity contribution in [2.24, 2.45) is 7.05 Å². The van der Waals surface area contributed by atoms with Crippen molar-refractivity contribution in [3.63, 3.8) is 0 Å². The number of rotatable bonds is 4. The van der Waals surface area contributed by atoms with E-state index in [4.69, 9.17) is 11.6 Å². The van der Waals surface area contributed by atoms with Crippen LogP contribution in [-0.4, -0.2) is 14.7 Å². The second-order valence-electron chi connectivity index (χ2n) is 5.72. The largest absolute Gasteiger partial charge is 0.435 e. The van der Waals surface area contributed by atoms with Crippen molar-refractivity contribution in [3.8, 4) is 11.1 Å².